The van der Waals surface area contributed by atoms with Crippen LogP contribution in [-0.2, 0) is 0 Å². The molecule has 0 fully saturated rings. The van der Waals surface area contributed by atoms with Crippen LogP contribution < -0.4 is 5.32 Å². The topological polar surface area (TPSA) is 75.1 Å². The first-order valence-corrected chi connectivity index (χ1v) is 5.94. The number of anilines is 1. The number of aromatic nitrogens is 2. The third-order valence-electron chi connectivity index (χ3n) is 2.32. The van der Waals surface area contributed by atoms with Gasteiger partial charge in [-0.25, -0.2) is 4.79 Å². The Bertz CT molecular complexity index is 419. The molecule has 0 saturated heterocycles. The first-order chi connectivity index (χ1) is 8.09. The largest absolute Gasteiger partial charge is 0.476 e. The molecule has 2 N–H and O–H groups in total. The molecule has 0 saturated carbocycles. The molecule has 0 aliphatic rings. The lowest BCUT2D eigenvalue weighted by Gasteiger charge is -2.33. The van der Waals surface area contributed by atoms with E-state index in [1.54, 1.807) is 6.07 Å². The number of nitrogens with one attached hydrogen (secondary N) is 1. The standard InChI is InChI=1S/C13H21N3O2/c1-12(2,3)8-13(4,5)14-10-7-6-9(11(17)18)15-16-10/h6-7H,8H2,1-5H3,(H,14,16)(H,17,18). The molecule has 18 heavy (non-hydrogen) atoms. The van der Waals surface area contributed by atoms with Crippen molar-refractivity contribution in [3.05, 3.63) is 17.8 Å². The molecule has 100 valence electrons. The van der Waals surface area contributed by atoms with Gasteiger partial charge < -0.3 is 10.4 Å². The first kappa shape index (κ1) is 14.4. The summed E-state index contributed by atoms with van der Waals surface area (Å²) in [6.07, 6.45) is 0.961. The number of hydrogen-bond acceptors (Lipinski definition) is 4. The van der Waals surface area contributed by atoms with Gasteiger partial charge in [0.1, 0.15) is 5.82 Å². The van der Waals surface area contributed by atoms with E-state index >= 15 is 0 Å². The Labute approximate surface area is 108 Å². The molecule has 0 amide bonds. The molecular formula is C13H21N3O2. The monoisotopic (exact) mass is 251 g/mol. The molecule has 0 radical (unpaired) electrons. The minimum Gasteiger partial charge on any atom is -0.476 e. The van der Waals surface area contributed by atoms with E-state index in [1.807, 2.05) is 0 Å². The fourth-order valence-electron chi connectivity index (χ4n) is 2.23. The molecule has 5 heteroatoms. The third-order valence-corrected chi connectivity index (χ3v) is 2.32. The average molecular weight is 251 g/mol. The highest BCUT2D eigenvalue weighted by atomic mass is 16.4. The summed E-state index contributed by atoms with van der Waals surface area (Å²) < 4.78 is 0. The van der Waals surface area contributed by atoms with E-state index in [2.05, 4.69) is 50.1 Å². The molecule has 5 nitrogen and oxygen atoms in total. The summed E-state index contributed by atoms with van der Waals surface area (Å²) in [4.78, 5) is 10.7. The Morgan fingerprint density at radius 3 is 2.22 bits per heavy atom. The predicted octanol–water partition coefficient (Wildman–Crippen LogP) is 2.80. The lowest BCUT2D eigenvalue weighted by Crippen LogP contribution is -2.35. The van der Waals surface area contributed by atoms with Gasteiger partial charge in [0.25, 0.3) is 0 Å². The van der Waals surface area contributed by atoms with E-state index in [0.717, 1.165) is 6.42 Å². The summed E-state index contributed by atoms with van der Waals surface area (Å²) in [5.74, 6) is -0.475. The summed E-state index contributed by atoms with van der Waals surface area (Å²) in [7, 11) is 0. The van der Waals surface area contributed by atoms with Gasteiger partial charge in [0.05, 0.1) is 0 Å². The van der Waals surface area contributed by atoms with Gasteiger partial charge >= 0.3 is 5.97 Å². The number of carbonyl (C=O) groups is 1. The van der Waals surface area contributed by atoms with Gasteiger partial charge in [0.15, 0.2) is 5.69 Å². The lowest BCUT2D eigenvalue weighted by molar-refractivity contribution is 0.0689. The van der Waals surface area contributed by atoms with Crippen LogP contribution in [0.4, 0.5) is 5.82 Å². The second kappa shape index (κ2) is 4.92. The van der Waals surface area contributed by atoms with E-state index in [1.165, 1.54) is 6.07 Å². The fourth-order valence-corrected chi connectivity index (χ4v) is 2.23. The number of aromatic carboxylic acids is 1. The van der Waals surface area contributed by atoms with E-state index in [4.69, 9.17) is 5.11 Å². The number of nitrogens with zero attached hydrogens (tertiary/aromatic N) is 2. The molecule has 0 aliphatic heterocycles. The average Bonchev–Trinajstić information content (AvgIpc) is 2.13. The minimum absolute atomic E-state index is 0.0471. The molecule has 0 aromatic carbocycles. The summed E-state index contributed by atoms with van der Waals surface area (Å²) >= 11 is 0. The van der Waals surface area contributed by atoms with Gasteiger partial charge in [-0.2, -0.15) is 0 Å². The molecule has 0 bridgehead atoms. The van der Waals surface area contributed by atoms with Crippen LogP contribution in [-0.4, -0.2) is 26.8 Å². The van der Waals surface area contributed by atoms with Crippen LogP contribution in [0, 0.1) is 5.41 Å². The fraction of sp³-hybridized carbons (Fsp3) is 0.615. The minimum atomic E-state index is -1.07. The molecule has 1 aromatic rings. The van der Waals surface area contributed by atoms with Gasteiger partial charge in [-0.05, 0) is 37.8 Å². The van der Waals surface area contributed by atoms with Gasteiger partial charge in [-0.15, -0.1) is 10.2 Å². The first-order valence-electron chi connectivity index (χ1n) is 5.94. The summed E-state index contributed by atoms with van der Waals surface area (Å²) in [6, 6.07) is 3.09. The Balaban J connectivity index is 2.75. The molecule has 0 atom stereocenters. The van der Waals surface area contributed by atoms with Crippen molar-refractivity contribution in [1.82, 2.24) is 10.2 Å². The van der Waals surface area contributed by atoms with Crippen molar-refractivity contribution in [2.45, 2.75) is 46.6 Å². The van der Waals surface area contributed by atoms with Crippen molar-refractivity contribution in [2.24, 2.45) is 5.41 Å². The van der Waals surface area contributed by atoms with Crippen LogP contribution in [0.15, 0.2) is 12.1 Å². The van der Waals surface area contributed by atoms with Crippen molar-refractivity contribution < 1.29 is 9.90 Å². The highest BCUT2D eigenvalue weighted by Crippen LogP contribution is 2.28. The van der Waals surface area contributed by atoms with E-state index < -0.39 is 5.97 Å². The molecule has 1 rings (SSSR count). The SMILES string of the molecule is CC(C)(C)CC(C)(C)Nc1ccc(C(=O)O)nn1. The zero-order valence-electron chi connectivity index (χ0n) is 11.6. The molecule has 0 unspecified atom stereocenters. The summed E-state index contributed by atoms with van der Waals surface area (Å²) in [5, 5.41) is 19.5. The number of carboxylic acid groups (broad SMARTS) is 1. The van der Waals surface area contributed by atoms with Crippen molar-refractivity contribution in [3.63, 3.8) is 0 Å². The number of rotatable bonds is 4. The highest BCUT2D eigenvalue weighted by molar-refractivity contribution is 5.85. The summed E-state index contributed by atoms with van der Waals surface area (Å²) in [6.45, 7) is 10.7. The van der Waals surface area contributed by atoms with Gasteiger partial charge in [0, 0.05) is 5.54 Å². The van der Waals surface area contributed by atoms with Gasteiger partial charge in [-0.3, -0.25) is 0 Å². The maximum atomic E-state index is 10.7. The highest BCUT2D eigenvalue weighted by Gasteiger charge is 2.25. The molecular weight excluding hydrogens is 230 g/mol. The normalized spacial score (nSPS) is 12.3. The van der Waals surface area contributed by atoms with Gasteiger partial charge in [-0.1, -0.05) is 20.8 Å². The summed E-state index contributed by atoms with van der Waals surface area (Å²) in [5.41, 5.74) is 0.0250. The molecule has 1 aromatic heterocycles. The van der Waals surface area contributed by atoms with Crippen LogP contribution >= 0.6 is 0 Å². The predicted molar refractivity (Wildman–Crippen MR) is 70.8 cm³/mol. The Morgan fingerprint density at radius 2 is 1.83 bits per heavy atom. The second-order valence-corrected chi connectivity index (χ2v) is 6.36. The Hall–Kier alpha value is -1.65. The van der Waals surface area contributed by atoms with Crippen LogP contribution in [0.25, 0.3) is 0 Å². The number of hydrogen-bond donors (Lipinski definition) is 2. The van der Waals surface area contributed by atoms with E-state index in [-0.39, 0.29) is 16.6 Å². The third kappa shape index (κ3) is 4.69. The van der Waals surface area contributed by atoms with Crippen LogP contribution in [0.3, 0.4) is 0 Å². The van der Waals surface area contributed by atoms with Crippen LogP contribution in [0.1, 0.15) is 51.5 Å². The molecule has 0 spiro atoms. The zero-order valence-corrected chi connectivity index (χ0v) is 11.6. The van der Waals surface area contributed by atoms with E-state index in [0.29, 0.717) is 5.82 Å². The molecule has 0 aliphatic carbocycles. The van der Waals surface area contributed by atoms with Crippen molar-refractivity contribution >= 4 is 11.8 Å². The Kier molecular flexibility index (Phi) is 3.94. The quantitative estimate of drug-likeness (QED) is 0.860. The van der Waals surface area contributed by atoms with Gasteiger partial charge in [0.2, 0.25) is 0 Å². The molecule has 1 heterocycles. The zero-order chi connectivity index (χ0) is 14.0. The van der Waals surface area contributed by atoms with Crippen molar-refractivity contribution in [3.8, 4) is 0 Å². The maximum absolute atomic E-state index is 10.7. The van der Waals surface area contributed by atoms with Crippen molar-refractivity contribution in [1.29, 1.82) is 0 Å². The van der Waals surface area contributed by atoms with Crippen LogP contribution in [0.2, 0.25) is 0 Å². The Morgan fingerprint density at radius 1 is 1.22 bits per heavy atom. The van der Waals surface area contributed by atoms with Crippen LogP contribution in [0.5, 0.6) is 0 Å². The van der Waals surface area contributed by atoms with Crippen molar-refractivity contribution in [2.75, 3.05) is 5.32 Å². The maximum Gasteiger partial charge on any atom is 0.356 e. The van der Waals surface area contributed by atoms with E-state index in [9.17, 15) is 4.79 Å². The second-order valence-electron chi connectivity index (χ2n) is 6.36. The smallest absolute Gasteiger partial charge is 0.356 e. The number of carboxylic acids is 1. The lowest BCUT2D eigenvalue weighted by atomic mass is 9.82.